The summed E-state index contributed by atoms with van der Waals surface area (Å²) in [7, 11) is 0. The average molecular weight is 330 g/mol. The molecule has 25 heavy (non-hydrogen) atoms. The molecule has 1 aliphatic heterocycles. The molecule has 1 aliphatic rings. The van der Waals surface area contributed by atoms with Crippen molar-refractivity contribution in [3.05, 3.63) is 95.8 Å². The van der Waals surface area contributed by atoms with Crippen LogP contribution >= 0.6 is 0 Å². The first kappa shape index (κ1) is 15.4. The number of amides is 1. The quantitative estimate of drug-likeness (QED) is 0.799. The summed E-state index contributed by atoms with van der Waals surface area (Å²) >= 11 is 0. The summed E-state index contributed by atoms with van der Waals surface area (Å²) in [6.07, 6.45) is 2.36. The average Bonchev–Trinajstić information content (AvgIpc) is 2.69. The number of carbonyl (C=O) groups is 1. The Labute approximate surface area is 146 Å². The molecule has 0 radical (unpaired) electrons. The van der Waals surface area contributed by atoms with Crippen LogP contribution in [0.5, 0.6) is 5.75 Å². The van der Waals surface area contributed by atoms with E-state index in [0.29, 0.717) is 24.3 Å². The summed E-state index contributed by atoms with van der Waals surface area (Å²) in [6, 6.07) is 23.0. The first-order valence-electron chi connectivity index (χ1n) is 8.31. The Hall–Kier alpha value is -3.14. The van der Waals surface area contributed by atoms with Gasteiger partial charge in [0.15, 0.2) is 0 Å². The number of rotatable bonds is 3. The highest BCUT2D eigenvalue weighted by atomic mass is 16.5. The normalized spacial score (nSPS) is 18.7. The molecule has 0 saturated carbocycles. The molecule has 2 heterocycles. The first-order chi connectivity index (χ1) is 12.3. The molecule has 1 N–H and O–H groups in total. The number of benzene rings is 2. The summed E-state index contributed by atoms with van der Waals surface area (Å²) in [4.78, 5) is 17.5. The van der Waals surface area contributed by atoms with Crippen molar-refractivity contribution in [1.82, 2.24) is 10.3 Å². The van der Waals surface area contributed by atoms with Crippen molar-refractivity contribution in [1.29, 1.82) is 0 Å². The monoisotopic (exact) mass is 330 g/mol. The summed E-state index contributed by atoms with van der Waals surface area (Å²) < 4.78 is 5.77. The van der Waals surface area contributed by atoms with E-state index in [4.69, 9.17) is 4.74 Å². The van der Waals surface area contributed by atoms with Gasteiger partial charge in [0, 0.05) is 18.2 Å². The van der Waals surface area contributed by atoms with Crippen LogP contribution in [0.15, 0.2) is 79.0 Å². The lowest BCUT2D eigenvalue weighted by Crippen LogP contribution is -2.50. The molecule has 0 unspecified atom stereocenters. The number of ether oxygens (including phenoxy) is 1. The molecule has 3 aromatic rings. The van der Waals surface area contributed by atoms with E-state index in [1.165, 1.54) is 0 Å². The molecule has 4 heteroatoms. The molecule has 4 nitrogen and oxygen atoms in total. The van der Waals surface area contributed by atoms with E-state index in [0.717, 1.165) is 11.3 Å². The molecule has 0 spiro atoms. The lowest BCUT2D eigenvalue weighted by atomic mass is 9.81. The van der Waals surface area contributed by atoms with Crippen LogP contribution in [-0.2, 0) is 5.54 Å². The number of fused-ring (bicyclic) bond motifs is 1. The lowest BCUT2D eigenvalue weighted by Gasteiger charge is -2.39. The maximum atomic E-state index is 12.9. The van der Waals surface area contributed by atoms with Gasteiger partial charge in [-0.1, -0.05) is 48.5 Å². The van der Waals surface area contributed by atoms with Gasteiger partial charge in [0.2, 0.25) is 0 Å². The van der Waals surface area contributed by atoms with Gasteiger partial charge < -0.3 is 10.1 Å². The Morgan fingerprint density at radius 3 is 2.44 bits per heavy atom. The van der Waals surface area contributed by atoms with Gasteiger partial charge >= 0.3 is 0 Å². The largest absolute Gasteiger partial charge is 0.491 e. The number of carbonyl (C=O) groups excluding carboxylic acids is 1. The zero-order chi connectivity index (χ0) is 17.1. The van der Waals surface area contributed by atoms with Gasteiger partial charge in [-0.05, 0) is 29.8 Å². The minimum absolute atomic E-state index is 0.122. The fourth-order valence-electron chi connectivity index (χ4n) is 3.31. The molecule has 0 aliphatic carbocycles. The maximum Gasteiger partial charge on any atom is 0.252 e. The lowest BCUT2D eigenvalue weighted by molar-refractivity contribution is 0.0883. The molecule has 0 bridgehead atoms. The number of hydrogen-bond donors (Lipinski definition) is 1. The van der Waals surface area contributed by atoms with Gasteiger partial charge in [0.1, 0.15) is 17.0 Å². The minimum atomic E-state index is -0.705. The van der Waals surface area contributed by atoms with E-state index in [1.54, 1.807) is 6.20 Å². The molecule has 1 atom stereocenters. The molecule has 0 fully saturated rings. The van der Waals surface area contributed by atoms with E-state index >= 15 is 0 Å². The van der Waals surface area contributed by atoms with E-state index in [-0.39, 0.29) is 5.91 Å². The third kappa shape index (κ3) is 2.76. The van der Waals surface area contributed by atoms with Crippen molar-refractivity contribution in [2.45, 2.75) is 12.0 Å². The fraction of sp³-hybridized carbons (Fsp3) is 0.143. The van der Waals surface area contributed by atoms with Gasteiger partial charge in [-0.2, -0.15) is 0 Å². The van der Waals surface area contributed by atoms with E-state index in [9.17, 15) is 4.79 Å². The second-order valence-corrected chi connectivity index (χ2v) is 6.04. The number of nitrogens with one attached hydrogen (secondary N) is 1. The SMILES string of the molecule is O=C(N[C@@]1(c2ccccc2)CCOc2cccnc21)c1ccccc1. The van der Waals surface area contributed by atoms with Gasteiger partial charge in [0.25, 0.3) is 5.91 Å². The molecule has 1 aromatic heterocycles. The van der Waals surface area contributed by atoms with Crippen molar-refractivity contribution >= 4 is 5.91 Å². The van der Waals surface area contributed by atoms with Crippen molar-refractivity contribution in [2.75, 3.05) is 6.61 Å². The van der Waals surface area contributed by atoms with Crippen LogP contribution in [0, 0.1) is 0 Å². The molecule has 1 amide bonds. The highest BCUT2D eigenvalue weighted by Crippen LogP contribution is 2.40. The Morgan fingerprint density at radius 1 is 0.960 bits per heavy atom. The van der Waals surface area contributed by atoms with Crippen LogP contribution in [0.1, 0.15) is 28.0 Å². The molecular weight excluding hydrogens is 312 g/mol. The Balaban J connectivity index is 1.83. The highest BCUT2D eigenvalue weighted by Gasteiger charge is 2.42. The summed E-state index contributed by atoms with van der Waals surface area (Å²) in [6.45, 7) is 0.517. The van der Waals surface area contributed by atoms with Crippen molar-refractivity contribution in [2.24, 2.45) is 0 Å². The van der Waals surface area contributed by atoms with Crippen LogP contribution in [0.4, 0.5) is 0 Å². The van der Waals surface area contributed by atoms with Gasteiger partial charge in [-0.15, -0.1) is 0 Å². The molecule has 4 rings (SSSR count). The van der Waals surface area contributed by atoms with Crippen LogP contribution in [0.3, 0.4) is 0 Å². The van der Waals surface area contributed by atoms with Gasteiger partial charge in [0.05, 0.1) is 6.61 Å². The molecular formula is C21H18N2O2. The second kappa shape index (κ2) is 6.40. The third-order valence-electron chi connectivity index (χ3n) is 4.54. The third-order valence-corrected chi connectivity index (χ3v) is 4.54. The molecule has 2 aromatic carbocycles. The predicted octanol–water partition coefficient (Wildman–Crippen LogP) is 3.54. The number of hydrogen-bond acceptors (Lipinski definition) is 3. The number of aromatic nitrogens is 1. The van der Waals surface area contributed by atoms with Crippen molar-refractivity contribution in [3.8, 4) is 5.75 Å². The highest BCUT2D eigenvalue weighted by molar-refractivity contribution is 5.95. The van der Waals surface area contributed by atoms with Crippen LogP contribution < -0.4 is 10.1 Å². The van der Waals surface area contributed by atoms with Gasteiger partial charge in [-0.3, -0.25) is 9.78 Å². The zero-order valence-electron chi connectivity index (χ0n) is 13.7. The van der Waals surface area contributed by atoms with Crippen LogP contribution in [0.25, 0.3) is 0 Å². The Kier molecular flexibility index (Phi) is 3.94. The number of pyridine rings is 1. The fourth-order valence-corrected chi connectivity index (χ4v) is 3.31. The topological polar surface area (TPSA) is 51.2 Å². The van der Waals surface area contributed by atoms with Crippen molar-refractivity contribution in [3.63, 3.8) is 0 Å². The smallest absolute Gasteiger partial charge is 0.252 e. The predicted molar refractivity (Wildman–Crippen MR) is 95.5 cm³/mol. The van der Waals surface area contributed by atoms with E-state index in [1.807, 2.05) is 72.8 Å². The van der Waals surface area contributed by atoms with Gasteiger partial charge in [-0.25, -0.2) is 0 Å². The van der Waals surface area contributed by atoms with Crippen molar-refractivity contribution < 1.29 is 9.53 Å². The van der Waals surface area contributed by atoms with E-state index in [2.05, 4.69) is 10.3 Å². The summed E-state index contributed by atoms with van der Waals surface area (Å²) in [5.41, 5.74) is 1.67. The standard InChI is InChI=1S/C21H18N2O2/c24-20(16-8-3-1-4-9-16)23-21(17-10-5-2-6-11-17)13-15-25-18-12-7-14-22-19(18)21/h1-12,14H,13,15H2,(H,23,24)/t21-/m1/s1. The zero-order valence-corrected chi connectivity index (χ0v) is 13.7. The number of nitrogens with zero attached hydrogens (tertiary/aromatic N) is 1. The summed E-state index contributed by atoms with van der Waals surface area (Å²) in [5.74, 6) is 0.592. The van der Waals surface area contributed by atoms with Crippen LogP contribution in [0.2, 0.25) is 0 Å². The maximum absolute atomic E-state index is 12.9. The molecule has 124 valence electrons. The molecule has 0 saturated heterocycles. The Bertz CT molecular complexity index is 881. The van der Waals surface area contributed by atoms with E-state index < -0.39 is 5.54 Å². The van der Waals surface area contributed by atoms with Crippen LogP contribution in [-0.4, -0.2) is 17.5 Å². The second-order valence-electron chi connectivity index (χ2n) is 6.04. The minimum Gasteiger partial charge on any atom is -0.491 e. The Morgan fingerprint density at radius 2 is 1.68 bits per heavy atom. The first-order valence-corrected chi connectivity index (χ1v) is 8.31. The summed E-state index contributed by atoms with van der Waals surface area (Å²) in [5, 5.41) is 3.24.